The fraction of sp³-hybridized carbons (Fsp3) is 0.263. The summed E-state index contributed by atoms with van der Waals surface area (Å²) in [6, 6.07) is 12.8. The van der Waals surface area contributed by atoms with Gasteiger partial charge in [0.25, 0.3) is 0 Å². The van der Waals surface area contributed by atoms with Crippen LogP contribution in [-0.4, -0.2) is 30.1 Å². The first-order valence-corrected chi connectivity index (χ1v) is 8.02. The number of carboxylic acids is 1. The quantitative estimate of drug-likeness (QED) is 0.685. The van der Waals surface area contributed by atoms with Crippen LogP contribution in [0.25, 0.3) is 0 Å². The summed E-state index contributed by atoms with van der Waals surface area (Å²) in [5, 5.41) is 11.7. The molecule has 0 saturated carbocycles. The molecule has 6 heteroatoms. The summed E-state index contributed by atoms with van der Waals surface area (Å²) in [5.74, 6) is -1.33. The number of para-hydroxylation sites is 1. The molecule has 0 unspecified atom stereocenters. The van der Waals surface area contributed by atoms with E-state index in [1.807, 2.05) is 6.07 Å². The average molecular weight is 345 g/mol. The van der Waals surface area contributed by atoms with E-state index in [1.54, 1.807) is 30.3 Å². The van der Waals surface area contributed by atoms with E-state index in [9.17, 15) is 14.0 Å². The van der Waals surface area contributed by atoms with Crippen molar-refractivity contribution in [1.29, 1.82) is 0 Å². The van der Waals surface area contributed by atoms with Crippen LogP contribution in [0.2, 0.25) is 0 Å². The van der Waals surface area contributed by atoms with Crippen molar-refractivity contribution in [3.05, 3.63) is 65.5 Å². The lowest BCUT2D eigenvalue weighted by Gasteiger charge is -2.08. The second kappa shape index (κ2) is 9.42. The van der Waals surface area contributed by atoms with Crippen LogP contribution in [0.3, 0.4) is 0 Å². The van der Waals surface area contributed by atoms with Crippen molar-refractivity contribution in [3.8, 4) is 5.75 Å². The summed E-state index contributed by atoms with van der Waals surface area (Å²) < 4.78 is 18.6. The third-order valence-electron chi connectivity index (χ3n) is 3.55. The van der Waals surface area contributed by atoms with E-state index in [-0.39, 0.29) is 30.2 Å². The summed E-state index contributed by atoms with van der Waals surface area (Å²) in [7, 11) is 0. The molecule has 0 atom stereocenters. The molecule has 25 heavy (non-hydrogen) atoms. The Morgan fingerprint density at radius 1 is 1.12 bits per heavy atom. The van der Waals surface area contributed by atoms with Crippen LogP contribution in [0.15, 0.2) is 48.5 Å². The number of carbonyl (C=O) groups is 2. The van der Waals surface area contributed by atoms with Crippen LogP contribution < -0.4 is 10.1 Å². The number of hydrogen-bond acceptors (Lipinski definition) is 3. The van der Waals surface area contributed by atoms with Crippen LogP contribution in [0.4, 0.5) is 4.39 Å². The van der Waals surface area contributed by atoms with Gasteiger partial charge < -0.3 is 15.2 Å². The maximum atomic E-state index is 13.3. The van der Waals surface area contributed by atoms with Gasteiger partial charge >= 0.3 is 5.97 Å². The molecule has 0 saturated heterocycles. The fourth-order valence-corrected chi connectivity index (χ4v) is 2.27. The molecule has 0 fully saturated rings. The van der Waals surface area contributed by atoms with Gasteiger partial charge in [0.15, 0.2) is 11.6 Å². The minimum absolute atomic E-state index is 0.119. The molecule has 5 nitrogen and oxygen atoms in total. The third-order valence-corrected chi connectivity index (χ3v) is 3.55. The zero-order chi connectivity index (χ0) is 18.1. The highest BCUT2D eigenvalue weighted by Crippen LogP contribution is 2.15. The van der Waals surface area contributed by atoms with Crippen molar-refractivity contribution < 1.29 is 23.8 Å². The lowest BCUT2D eigenvalue weighted by molar-refractivity contribution is -0.121. The predicted octanol–water partition coefficient (Wildman–Crippen LogP) is 3.04. The second-order valence-corrected chi connectivity index (χ2v) is 5.49. The molecule has 2 aromatic carbocycles. The molecule has 2 N–H and O–H groups in total. The van der Waals surface area contributed by atoms with Crippen LogP contribution in [0.5, 0.6) is 5.75 Å². The first-order valence-electron chi connectivity index (χ1n) is 8.02. The first kappa shape index (κ1) is 18.4. The van der Waals surface area contributed by atoms with E-state index in [0.29, 0.717) is 19.4 Å². The number of nitrogens with one attached hydrogen (secondary N) is 1. The van der Waals surface area contributed by atoms with Crippen molar-refractivity contribution in [1.82, 2.24) is 5.32 Å². The molecular weight excluding hydrogens is 325 g/mol. The van der Waals surface area contributed by atoms with Gasteiger partial charge in [0.1, 0.15) is 0 Å². The molecule has 0 heterocycles. The Morgan fingerprint density at radius 2 is 1.92 bits per heavy atom. The van der Waals surface area contributed by atoms with E-state index < -0.39 is 11.8 Å². The van der Waals surface area contributed by atoms with Crippen molar-refractivity contribution in [2.24, 2.45) is 0 Å². The molecule has 0 bridgehead atoms. The molecule has 0 aliphatic rings. The second-order valence-electron chi connectivity index (χ2n) is 5.49. The highest BCUT2D eigenvalue weighted by atomic mass is 19.1. The maximum Gasteiger partial charge on any atom is 0.335 e. The van der Waals surface area contributed by atoms with Crippen molar-refractivity contribution >= 4 is 11.9 Å². The average Bonchev–Trinajstić information content (AvgIpc) is 2.60. The zero-order valence-electron chi connectivity index (χ0n) is 13.7. The van der Waals surface area contributed by atoms with Gasteiger partial charge in [0.2, 0.25) is 5.91 Å². The molecule has 132 valence electrons. The van der Waals surface area contributed by atoms with Crippen molar-refractivity contribution in [2.45, 2.75) is 19.3 Å². The Balaban J connectivity index is 1.63. The highest BCUT2D eigenvalue weighted by molar-refractivity contribution is 5.87. The number of rotatable bonds is 9. The Morgan fingerprint density at radius 3 is 2.68 bits per heavy atom. The molecule has 0 radical (unpaired) electrons. The van der Waals surface area contributed by atoms with Crippen molar-refractivity contribution in [3.63, 3.8) is 0 Å². The summed E-state index contributed by atoms with van der Waals surface area (Å²) >= 11 is 0. The molecular formula is C19H20FNO4. The molecule has 2 aromatic rings. The number of aromatic carboxylic acids is 1. The van der Waals surface area contributed by atoms with Crippen molar-refractivity contribution in [2.75, 3.05) is 13.2 Å². The number of hydrogen-bond donors (Lipinski definition) is 2. The van der Waals surface area contributed by atoms with Gasteiger partial charge in [-0.15, -0.1) is 0 Å². The fourth-order valence-electron chi connectivity index (χ4n) is 2.27. The summed E-state index contributed by atoms with van der Waals surface area (Å²) in [5.41, 5.74) is 1.08. The first-order chi connectivity index (χ1) is 12.1. The maximum absolute atomic E-state index is 13.3. The van der Waals surface area contributed by atoms with Gasteiger partial charge in [0.05, 0.1) is 12.2 Å². The molecule has 0 spiro atoms. The van der Waals surface area contributed by atoms with E-state index >= 15 is 0 Å². The number of halogens is 1. The highest BCUT2D eigenvalue weighted by Gasteiger charge is 2.05. The Hall–Kier alpha value is -2.89. The number of ether oxygens (including phenoxy) is 1. The van der Waals surface area contributed by atoms with E-state index in [2.05, 4.69) is 5.32 Å². The van der Waals surface area contributed by atoms with Crippen LogP contribution in [0, 0.1) is 5.82 Å². The van der Waals surface area contributed by atoms with Gasteiger partial charge in [-0.3, -0.25) is 4.79 Å². The van der Waals surface area contributed by atoms with Crippen LogP contribution in [0.1, 0.15) is 28.8 Å². The largest absolute Gasteiger partial charge is 0.491 e. The van der Waals surface area contributed by atoms with E-state index in [1.165, 1.54) is 12.1 Å². The van der Waals surface area contributed by atoms with Crippen LogP contribution >= 0.6 is 0 Å². The van der Waals surface area contributed by atoms with Gasteiger partial charge in [-0.25, -0.2) is 9.18 Å². The van der Waals surface area contributed by atoms with Gasteiger partial charge in [-0.2, -0.15) is 0 Å². The molecule has 1 amide bonds. The minimum atomic E-state index is -0.972. The van der Waals surface area contributed by atoms with E-state index in [4.69, 9.17) is 9.84 Å². The monoisotopic (exact) mass is 345 g/mol. The Kier molecular flexibility index (Phi) is 6.95. The predicted molar refractivity (Wildman–Crippen MR) is 91.2 cm³/mol. The number of benzene rings is 2. The van der Waals surface area contributed by atoms with Crippen LogP contribution in [-0.2, 0) is 11.2 Å². The topological polar surface area (TPSA) is 75.6 Å². The SMILES string of the molecule is O=C(CCCOc1ccccc1F)NCCc1cccc(C(=O)O)c1. The zero-order valence-corrected chi connectivity index (χ0v) is 13.7. The standard InChI is InChI=1S/C19H20FNO4/c20-16-7-1-2-8-17(16)25-12-4-9-18(22)21-11-10-14-5-3-6-15(13-14)19(23)24/h1-3,5-8,13H,4,9-12H2,(H,21,22)(H,23,24). The van der Waals surface area contributed by atoms with Gasteiger partial charge in [-0.1, -0.05) is 24.3 Å². The smallest absolute Gasteiger partial charge is 0.335 e. The molecule has 0 aliphatic carbocycles. The molecule has 0 aliphatic heterocycles. The molecule has 2 rings (SSSR count). The summed E-state index contributed by atoms with van der Waals surface area (Å²) in [4.78, 5) is 22.7. The summed E-state index contributed by atoms with van der Waals surface area (Å²) in [6.07, 6.45) is 1.32. The number of carbonyl (C=O) groups excluding carboxylic acids is 1. The minimum Gasteiger partial charge on any atom is -0.491 e. The lowest BCUT2D eigenvalue weighted by atomic mass is 10.1. The Bertz CT molecular complexity index is 733. The number of amides is 1. The summed E-state index contributed by atoms with van der Waals surface area (Å²) in [6.45, 7) is 0.686. The van der Waals surface area contributed by atoms with E-state index in [0.717, 1.165) is 5.56 Å². The number of carboxylic acid groups (broad SMARTS) is 1. The lowest BCUT2D eigenvalue weighted by Crippen LogP contribution is -2.25. The normalized spacial score (nSPS) is 10.3. The van der Waals surface area contributed by atoms with Gasteiger partial charge in [-0.05, 0) is 42.7 Å². The van der Waals surface area contributed by atoms with Gasteiger partial charge in [0, 0.05) is 13.0 Å². The molecule has 0 aromatic heterocycles. The Labute approximate surface area is 145 Å². The third kappa shape index (κ3) is 6.25.